The molecule has 9 nitrogen and oxygen atoms in total. The van der Waals surface area contributed by atoms with Crippen molar-refractivity contribution in [1.82, 2.24) is 10.2 Å². The number of nitrogens with one attached hydrogen (secondary N) is 1. The Bertz CT molecular complexity index is 1840. The van der Waals surface area contributed by atoms with Crippen molar-refractivity contribution in [1.29, 1.82) is 0 Å². The number of benzene rings is 4. The largest absolute Gasteiger partial charge is 0.497 e. The molecule has 4 aromatic carbocycles. The maximum Gasteiger partial charge on any atom is 0.264 e. The number of rotatable bonds is 16. The maximum absolute atomic E-state index is 14.7. The van der Waals surface area contributed by atoms with Gasteiger partial charge in [0.1, 0.15) is 24.1 Å². The van der Waals surface area contributed by atoms with Gasteiger partial charge in [0.15, 0.2) is 0 Å². The molecule has 49 heavy (non-hydrogen) atoms. The van der Waals surface area contributed by atoms with Gasteiger partial charge in [-0.2, -0.15) is 0 Å². The highest BCUT2D eigenvalue weighted by Crippen LogP contribution is 2.36. The standard InChI is InChI=1S/C37H41Cl2N3O6S/c1-5-6-20-40-37(44)34(22-27-10-8-7-9-11-27)41(24-28-14-18-31(38)32(39)21-28)36(43)25-42(33-23-29(47-3)15-19-35(33)48-4)49(45,46)30-16-12-26(2)13-17-30/h7-19,21,23,34H,5-6,20,22,24-25H2,1-4H3,(H,40,44)/t34-/m1/s1. The second-order valence-electron chi connectivity index (χ2n) is 11.5. The van der Waals surface area contributed by atoms with E-state index >= 15 is 0 Å². The van der Waals surface area contributed by atoms with Crippen LogP contribution in [0.2, 0.25) is 10.0 Å². The van der Waals surface area contributed by atoms with E-state index in [1.807, 2.05) is 44.2 Å². The van der Waals surface area contributed by atoms with Crippen LogP contribution in [0.1, 0.15) is 36.5 Å². The SMILES string of the molecule is CCCCNC(=O)[C@@H](Cc1ccccc1)N(Cc1ccc(Cl)c(Cl)c1)C(=O)CN(c1cc(OC)ccc1OC)S(=O)(=O)c1ccc(C)cc1. The summed E-state index contributed by atoms with van der Waals surface area (Å²) < 4.78 is 40.9. The number of hydrogen-bond donors (Lipinski definition) is 1. The maximum atomic E-state index is 14.7. The summed E-state index contributed by atoms with van der Waals surface area (Å²) in [5, 5.41) is 3.59. The number of halogens is 2. The lowest BCUT2D eigenvalue weighted by molar-refractivity contribution is -0.140. The van der Waals surface area contributed by atoms with Gasteiger partial charge in [0, 0.05) is 25.6 Å². The zero-order valence-electron chi connectivity index (χ0n) is 28.0. The highest BCUT2D eigenvalue weighted by Gasteiger charge is 2.36. The van der Waals surface area contributed by atoms with Gasteiger partial charge in [-0.25, -0.2) is 8.42 Å². The third-order valence-electron chi connectivity index (χ3n) is 7.98. The molecule has 2 amide bonds. The summed E-state index contributed by atoms with van der Waals surface area (Å²) in [7, 11) is -1.48. The fourth-order valence-corrected chi connectivity index (χ4v) is 6.97. The number of ether oxygens (including phenoxy) is 2. The molecular formula is C37H41Cl2N3O6S. The van der Waals surface area contributed by atoms with Gasteiger partial charge in [-0.05, 0) is 60.9 Å². The van der Waals surface area contributed by atoms with Crippen molar-refractivity contribution in [2.45, 2.75) is 50.6 Å². The van der Waals surface area contributed by atoms with Crippen molar-refractivity contribution in [3.8, 4) is 11.5 Å². The van der Waals surface area contributed by atoms with Crippen molar-refractivity contribution in [3.63, 3.8) is 0 Å². The molecule has 0 aliphatic heterocycles. The Balaban J connectivity index is 1.87. The molecule has 12 heteroatoms. The molecule has 0 heterocycles. The molecule has 0 fully saturated rings. The second kappa shape index (κ2) is 17.4. The Kier molecular flexibility index (Phi) is 13.4. The van der Waals surface area contributed by atoms with Crippen molar-refractivity contribution in [2.24, 2.45) is 0 Å². The van der Waals surface area contributed by atoms with E-state index in [1.54, 1.807) is 42.5 Å². The number of hydrogen-bond acceptors (Lipinski definition) is 6. The Morgan fingerprint density at radius 2 is 1.57 bits per heavy atom. The number of amides is 2. The average Bonchev–Trinajstić information content (AvgIpc) is 3.10. The fraction of sp³-hybridized carbons (Fsp3) is 0.297. The molecule has 0 aliphatic carbocycles. The van der Waals surface area contributed by atoms with Crippen LogP contribution in [0.3, 0.4) is 0 Å². The number of aryl methyl sites for hydroxylation is 1. The normalized spacial score (nSPS) is 11.8. The number of sulfonamides is 1. The van der Waals surface area contributed by atoms with E-state index in [9.17, 15) is 18.0 Å². The van der Waals surface area contributed by atoms with E-state index in [4.69, 9.17) is 32.7 Å². The first-order valence-electron chi connectivity index (χ1n) is 15.8. The van der Waals surface area contributed by atoms with E-state index in [2.05, 4.69) is 5.32 Å². The Morgan fingerprint density at radius 1 is 0.857 bits per heavy atom. The molecule has 0 aliphatic rings. The highest BCUT2D eigenvalue weighted by atomic mass is 35.5. The molecule has 4 aromatic rings. The minimum atomic E-state index is -4.35. The summed E-state index contributed by atoms with van der Waals surface area (Å²) in [6.45, 7) is 3.58. The zero-order chi connectivity index (χ0) is 35.6. The molecule has 0 saturated carbocycles. The van der Waals surface area contributed by atoms with Gasteiger partial charge in [0.05, 0.1) is 34.8 Å². The molecule has 1 N–H and O–H groups in total. The lowest BCUT2D eigenvalue weighted by Gasteiger charge is -2.34. The van der Waals surface area contributed by atoms with Crippen LogP contribution < -0.4 is 19.1 Å². The van der Waals surface area contributed by atoms with Crippen molar-refractivity contribution in [2.75, 3.05) is 31.6 Å². The minimum absolute atomic E-state index is 0.0232. The lowest BCUT2D eigenvalue weighted by Crippen LogP contribution is -2.53. The Labute approximate surface area is 298 Å². The van der Waals surface area contributed by atoms with Gasteiger partial charge in [-0.3, -0.25) is 13.9 Å². The summed E-state index contributed by atoms with van der Waals surface area (Å²) in [6, 6.07) is 24.4. The summed E-state index contributed by atoms with van der Waals surface area (Å²) in [4.78, 5) is 30.1. The molecule has 260 valence electrons. The molecular weight excluding hydrogens is 685 g/mol. The van der Waals surface area contributed by atoms with E-state index in [0.717, 1.165) is 28.3 Å². The number of carbonyl (C=O) groups excluding carboxylic acids is 2. The first-order chi connectivity index (χ1) is 23.5. The molecule has 0 aromatic heterocycles. The van der Waals surface area contributed by atoms with Crippen LogP contribution >= 0.6 is 23.2 Å². The van der Waals surface area contributed by atoms with Gasteiger partial charge in [0.25, 0.3) is 10.0 Å². The van der Waals surface area contributed by atoms with E-state index in [1.165, 1.54) is 37.3 Å². The molecule has 0 spiro atoms. The van der Waals surface area contributed by atoms with Crippen LogP contribution in [0.25, 0.3) is 0 Å². The quantitative estimate of drug-likeness (QED) is 0.124. The van der Waals surface area contributed by atoms with Gasteiger partial charge in [-0.15, -0.1) is 0 Å². The van der Waals surface area contributed by atoms with E-state index < -0.39 is 28.5 Å². The molecule has 4 rings (SSSR count). The number of methoxy groups -OCH3 is 2. The van der Waals surface area contributed by atoms with Gasteiger partial charge in [-0.1, -0.05) is 90.6 Å². The van der Waals surface area contributed by atoms with Crippen LogP contribution in [-0.4, -0.2) is 58.5 Å². The number of nitrogens with zero attached hydrogens (tertiary/aromatic N) is 2. The smallest absolute Gasteiger partial charge is 0.264 e. The first kappa shape index (κ1) is 37.6. The average molecular weight is 727 g/mol. The Morgan fingerprint density at radius 3 is 2.20 bits per heavy atom. The summed E-state index contributed by atoms with van der Waals surface area (Å²) >= 11 is 12.6. The summed E-state index contributed by atoms with van der Waals surface area (Å²) in [6.07, 6.45) is 1.80. The number of carbonyl (C=O) groups is 2. The van der Waals surface area contributed by atoms with Crippen LogP contribution in [0, 0.1) is 6.92 Å². The van der Waals surface area contributed by atoms with Crippen LogP contribution in [0.15, 0.2) is 95.9 Å². The molecule has 0 bridgehead atoms. The second-order valence-corrected chi connectivity index (χ2v) is 14.2. The predicted molar refractivity (Wildman–Crippen MR) is 194 cm³/mol. The summed E-state index contributed by atoms with van der Waals surface area (Å²) in [5.41, 5.74) is 2.39. The van der Waals surface area contributed by atoms with Gasteiger partial charge in [0.2, 0.25) is 11.8 Å². The first-order valence-corrected chi connectivity index (χ1v) is 18.0. The van der Waals surface area contributed by atoms with Gasteiger partial charge >= 0.3 is 0 Å². The summed E-state index contributed by atoms with van der Waals surface area (Å²) in [5.74, 6) is -0.424. The molecule has 0 unspecified atom stereocenters. The van der Waals surface area contributed by atoms with E-state index in [0.29, 0.717) is 22.9 Å². The Hall–Kier alpha value is -4.25. The zero-order valence-corrected chi connectivity index (χ0v) is 30.3. The third-order valence-corrected chi connectivity index (χ3v) is 10.5. The van der Waals surface area contributed by atoms with Crippen LogP contribution in [0.5, 0.6) is 11.5 Å². The highest BCUT2D eigenvalue weighted by molar-refractivity contribution is 7.92. The number of unbranched alkanes of at least 4 members (excludes halogenated alkanes) is 1. The lowest BCUT2D eigenvalue weighted by atomic mass is 10.0. The molecule has 0 radical (unpaired) electrons. The van der Waals surface area contributed by atoms with Crippen molar-refractivity contribution >= 4 is 50.7 Å². The van der Waals surface area contributed by atoms with Crippen molar-refractivity contribution in [3.05, 3.63) is 118 Å². The van der Waals surface area contributed by atoms with Crippen molar-refractivity contribution < 1.29 is 27.5 Å². The minimum Gasteiger partial charge on any atom is -0.497 e. The van der Waals surface area contributed by atoms with Crippen LogP contribution in [-0.2, 0) is 32.6 Å². The predicted octanol–water partition coefficient (Wildman–Crippen LogP) is 7.07. The van der Waals surface area contributed by atoms with Gasteiger partial charge < -0.3 is 19.7 Å². The van der Waals surface area contributed by atoms with Crippen LogP contribution in [0.4, 0.5) is 5.69 Å². The fourth-order valence-electron chi connectivity index (χ4n) is 5.24. The topological polar surface area (TPSA) is 105 Å². The monoisotopic (exact) mass is 725 g/mol. The number of anilines is 1. The third kappa shape index (κ3) is 9.68. The molecule has 0 saturated heterocycles. The van der Waals surface area contributed by atoms with E-state index in [-0.39, 0.29) is 40.2 Å². The molecule has 1 atom stereocenters.